The predicted octanol–water partition coefficient (Wildman–Crippen LogP) is 3.10. The van der Waals surface area contributed by atoms with Crippen LogP contribution in [0.3, 0.4) is 0 Å². The number of benzene rings is 2. The minimum atomic E-state index is -0.505. The van der Waals surface area contributed by atoms with Crippen molar-refractivity contribution in [3.8, 4) is 11.5 Å². The van der Waals surface area contributed by atoms with Crippen LogP contribution in [0.5, 0.6) is 11.5 Å². The zero-order valence-electron chi connectivity index (χ0n) is 17.7. The number of rotatable bonds is 10. The summed E-state index contributed by atoms with van der Waals surface area (Å²) >= 11 is 5.97. The number of amides is 1. The van der Waals surface area contributed by atoms with E-state index in [1.54, 1.807) is 23.1 Å². The summed E-state index contributed by atoms with van der Waals surface area (Å²) in [6.07, 6.45) is 0. The van der Waals surface area contributed by atoms with E-state index >= 15 is 0 Å². The molecule has 162 valence electrons. The lowest BCUT2D eigenvalue weighted by Crippen LogP contribution is -2.36. The summed E-state index contributed by atoms with van der Waals surface area (Å²) in [5.74, 6) is 0.0837. The zero-order chi connectivity index (χ0) is 22.1. The van der Waals surface area contributed by atoms with Crippen LogP contribution in [0, 0.1) is 0 Å². The van der Waals surface area contributed by atoms with Crippen LogP contribution in [0.15, 0.2) is 42.5 Å². The number of ether oxygens (including phenoxy) is 3. The number of likely N-dealkylation sites (N-methyl/N-ethyl adjacent to an activating group) is 1. The first kappa shape index (κ1) is 23.5. The first-order valence-corrected chi connectivity index (χ1v) is 9.78. The Kier molecular flexibility index (Phi) is 8.95. The highest BCUT2D eigenvalue weighted by molar-refractivity contribution is 6.30. The molecule has 0 saturated carbocycles. The van der Waals surface area contributed by atoms with Crippen molar-refractivity contribution in [2.45, 2.75) is 6.54 Å². The maximum absolute atomic E-state index is 13.2. The Morgan fingerprint density at radius 1 is 0.967 bits per heavy atom. The maximum Gasteiger partial charge on any atom is 0.343 e. The normalized spacial score (nSPS) is 10.6. The molecule has 2 rings (SSSR count). The number of halogens is 1. The first-order valence-electron chi connectivity index (χ1n) is 9.40. The summed E-state index contributed by atoms with van der Waals surface area (Å²) in [5.41, 5.74) is 1.45. The van der Waals surface area contributed by atoms with Crippen LogP contribution in [0.1, 0.15) is 15.9 Å². The van der Waals surface area contributed by atoms with Crippen LogP contribution in [-0.2, 0) is 16.1 Å². The quantitative estimate of drug-likeness (QED) is 0.535. The van der Waals surface area contributed by atoms with E-state index in [0.29, 0.717) is 35.2 Å². The molecular formula is C22H27ClN2O5. The fraction of sp³-hybridized carbons (Fsp3) is 0.364. The largest absolute Gasteiger partial charge is 0.493 e. The highest BCUT2D eigenvalue weighted by atomic mass is 35.5. The number of methoxy groups -OCH3 is 2. The van der Waals surface area contributed by atoms with Gasteiger partial charge in [0, 0.05) is 30.2 Å². The predicted molar refractivity (Wildman–Crippen MR) is 115 cm³/mol. The molecule has 0 aliphatic carbocycles. The molecule has 0 heterocycles. The van der Waals surface area contributed by atoms with Crippen LogP contribution in [0.25, 0.3) is 0 Å². The van der Waals surface area contributed by atoms with Crippen molar-refractivity contribution in [3.05, 3.63) is 58.6 Å². The molecule has 2 aromatic carbocycles. The van der Waals surface area contributed by atoms with Gasteiger partial charge < -0.3 is 24.0 Å². The molecule has 0 fully saturated rings. The van der Waals surface area contributed by atoms with E-state index in [9.17, 15) is 9.59 Å². The van der Waals surface area contributed by atoms with Gasteiger partial charge in [0.05, 0.1) is 14.2 Å². The molecule has 30 heavy (non-hydrogen) atoms. The molecule has 0 spiro atoms. The average molecular weight is 435 g/mol. The topological polar surface area (TPSA) is 68.3 Å². The van der Waals surface area contributed by atoms with Gasteiger partial charge in [-0.3, -0.25) is 4.79 Å². The molecule has 0 radical (unpaired) electrons. The van der Waals surface area contributed by atoms with Crippen LogP contribution >= 0.6 is 11.6 Å². The molecule has 0 bridgehead atoms. The monoisotopic (exact) mass is 434 g/mol. The van der Waals surface area contributed by atoms with Gasteiger partial charge in [-0.25, -0.2) is 4.79 Å². The molecule has 0 aromatic heterocycles. The molecule has 0 aliphatic heterocycles. The minimum Gasteiger partial charge on any atom is -0.493 e. The highest BCUT2D eigenvalue weighted by Crippen LogP contribution is 2.29. The number of esters is 1. The van der Waals surface area contributed by atoms with E-state index in [0.717, 1.165) is 12.1 Å². The van der Waals surface area contributed by atoms with Gasteiger partial charge in [0.15, 0.2) is 18.1 Å². The van der Waals surface area contributed by atoms with E-state index in [1.807, 2.05) is 43.3 Å². The van der Waals surface area contributed by atoms with Crippen molar-refractivity contribution >= 4 is 23.5 Å². The molecule has 0 unspecified atom stereocenters. The Labute approximate surface area is 182 Å². The summed E-state index contributed by atoms with van der Waals surface area (Å²) in [7, 11) is 6.68. The molecule has 0 N–H and O–H groups in total. The second-order valence-corrected chi connectivity index (χ2v) is 7.32. The van der Waals surface area contributed by atoms with Crippen molar-refractivity contribution in [3.63, 3.8) is 0 Å². The molecule has 7 nitrogen and oxygen atoms in total. The van der Waals surface area contributed by atoms with E-state index in [1.165, 1.54) is 14.2 Å². The Morgan fingerprint density at radius 2 is 1.67 bits per heavy atom. The Bertz CT molecular complexity index is 855. The third-order valence-corrected chi connectivity index (χ3v) is 4.63. The fourth-order valence-electron chi connectivity index (χ4n) is 2.68. The van der Waals surface area contributed by atoms with Crippen molar-refractivity contribution < 1.29 is 23.8 Å². The van der Waals surface area contributed by atoms with Gasteiger partial charge >= 0.3 is 5.97 Å². The first-order chi connectivity index (χ1) is 14.3. The molecule has 2 aromatic rings. The molecule has 0 atom stereocenters. The average Bonchev–Trinajstić information content (AvgIpc) is 2.75. The number of hydrogen-bond acceptors (Lipinski definition) is 6. The SMILES string of the molecule is COC(=O)COc1ccc(C(=O)N(CCN(C)C)Cc2ccc(Cl)cc2)cc1OC. The number of hydrogen-bond donors (Lipinski definition) is 0. The van der Waals surface area contributed by atoms with E-state index < -0.39 is 5.97 Å². The minimum absolute atomic E-state index is 0.135. The van der Waals surface area contributed by atoms with Crippen molar-refractivity contribution in [2.75, 3.05) is 48.0 Å². The van der Waals surface area contributed by atoms with Gasteiger partial charge in [0.1, 0.15) is 0 Å². The van der Waals surface area contributed by atoms with Gasteiger partial charge in [-0.1, -0.05) is 23.7 Å². The molecule has 8 heteroatoms. The Balaban J connectivity index is 2.22. The summed E-state index contributed by atoms with van der Waals surface area (Å²) in [4.78, 5) is 28.3. The smallest absolute Gasteiger partial charge is 0.343 e. The molecular weight excluding hydrogens is 408 g/mol. The van der Waals surface area contributed by atoms with Gasteiger partial charge in [-0.2, -0.15) is 0 Å². The van der Waals surface area contributed by atoms with Gasteiger partial charge in [0.2, 0.25) is 0 Å². The van der Waals surface area contributed by atoms with Crippen LogP contribution in [0.4, 0.5) is 0 Å². The standard InChI is InChI=1S/C22H27ClN2O5/c1-24(2)11-12-25(14-16-5-8-18(23)9-6-16)22(27)17-7-10-19(20(13-17)28-3)30-15-21(26)29-4/h5-10,13H,11-12,14-15H2,1-4H3. The zero-order valence-corrected chi connectivity index (χ0v) is 18.4. The third-order valence-electron chi connectivity index (χ3n) is 4.37. The van der Waals surface area contributed by atoms with Crippen molar-refractivity contribution in [1.82, 2.24) is 9.80 Å². The maximum atomic E-state index is 13.2. The summed E-state index contributed by atoms with van der Waals surface area (Å²) in [6.45, 7) is 1.48. The lowest BCUT2D eigenvalue weighted by Gasteiger charge is -2.25. The molecule has 0 saturated heterocycles. The number of nitrogens with zero attached hydrogens (tertiary/aromatic N) is 2. The Hall–Kier alpha value is -2.77. The molecule has 0 aliphatic rings. The summed E-state index contributed by atoms with van der Waals surface area (Å²) in [6, 6.07) is 12.3. The third kappa shape index (κ3) is 6.93. The second kappa shape index (κ2) is 11.4. The van der Waals surface area contributed by atoms with Crippen molar-refractivity contribution in [2.24, 2.45) is 0 Å². The van der Waals surface area contributed by atoms with Crippen LogP contribution < -0.4 is 9.47 Å². The van der Waals surface area contributed by atoms with E-state index in [4.69, 9.17) is 21.1 Å². The molecule has 1 amide bonds. The van der Waals surface area contributed by atoms with Crippen molar-refractivity contribution in [1.29, 1.82) is 0 Å². The number of carbonyl (C=O) groups excluding carboxylic acids is 2. The van der Waals surface area contributed by atoms with Crippen LogP contribution in [-0.4, -0.2) is 69.7 Å². The summed E-state index contributed by atoms with van der Waals surface area (Å²) < 4.78 is 15.3. The van der Waals surface area contributed by atoms with Gasteiger partial charge in [-0.15, -0.1) is 0 Å². The van der Waals surface area contributed by atoms with Crippen LogP contribution in [0.2, 0.25) is 5.02 Å². The van der Waals surface area contributed by atoms with Gasteiger partial charge in [0.25, 0.3) is 5.91 Å². The number of carbonyl (C=O) groups is 2. The summed E-state index contributed by atoms with van der Waals surface area (Å²) in [5, 5.41) is 0.650. The highest BCUT2D eigenvalue weighted by Gasteiger charge is 2.19. The van der Waals surface area contributed by atoms with E-state index in [2.05, 4.69) is 4.74 Å². The van der Waals surface area contributed by atoms with E-state index in [-0.39, 0.29) is 12.5 Å². The fourth-order valence-corrected chi connectivity index (χ4v) is 2.81. The Morgan fingerprint density at radius 3 is 2.27 bits per heavy atom. The van der Waals surface area contributed by atoms with Gasteiger partial charge in [-0.05, 0) is 50.0 Å². The second-order valence-electron chi connectivity index (χ2n) is 6.89. The lowest BCUT2D eigenvalue weighted by atomic mass is 10.1. The lowest BCUT2D eigenvalue weighted by molar-refractivity contribution is -0.142.